The molecule has 92 valence electrons. The summed E-state index contributed by atoms with van der Waals surface area (Å²) in [7, 11) is 0. The normalized spacial score (nSPS) is 11.1. The van der Waals surface area contributed by atoms with Crippen molar-refractivity contribution in [2.75, 3.05) is 0 Å². The van der Waals surface area contributed by atoms with Gasteiger partial charge in [0.1, 0.15) is 5.82 Å². The molecule has 0 amide bonds. The zero-order chi connectivity index (χ0) is 12.9. The average molecular weight is 222 g/mol. The molecular weight excluding hydrogens is 196 g/mol. The van der Waals surface area contributed by atoms with Crippen LogP contribution < -0.4 is 0 Å². The van der Waals surface area contributed by atoms with Gasteiger partial charge in [0.15, 0.2) is 0 Å². The van der Waals surface area contributed by atoms with Gasteiger partial charge in [-0.25, -0.2) is 9.97 Å². The van der Waals surface area contributed by atoms with E-state index in [1.165, 1.54) is 5.56 Å². The van der Waals surface area contributed by atoms with Gasteiger partial charge in [-0.05, 0) is 18.4 Å². The third-order valence-corrected chi connectivity index (χ3v) is 2.31. The topological polar surface area (TPSA) is 25.8 Å². The van der Waals surface area contributed by atoms with E-state index in [1.54, 1.807) is 0 Å². The van der Waals surface area contributed by atoms with Crippen molar-refractivity contribution in [1.29, 1.82) is 0 Å². The second-order valence-corrected chi connectivity index (χ2v) is 5.14. The Morgan fingerprint density at radius 2 is 1.62 bits per heavy atom. The molecular formula is C14H26N2. The van der Waals surface area contributed by atoms with Crippen molar-refractivity contribution in [1.82, 2.24) is 9.97 Å². The Kier molecular flexibility index (Phi) is 5.63. The molecule has 0 atom stereocenters. The van der Waals surface area contributed by atoms with Gasteiger partial charge in [-0.1, -0.05) is 48.5 Å². The van der Waals surface area contributed by atoms with Gasteiger partial charge < -0.3 is 0 Å². The van der Waals surface area contributed by atoms with Crippen LogP contribution in [0.15, 0.2) is 6.20 Å². The molecule has 16 heavy (non-hydrogen) atoms. The molecule has 0 aliphatic rings. The lowest BCUT2D eigenvalue weighted by molar-refractivity contribution is 0.540. The summed E-state index contributed by atoms with van der Waals surface area (Å²) >= 11 is 0. The Labute approximate surface area is 101 Å². The van der Waals surface area contributed by atoms with Crippen molar-refractivity contribution in [2.45, 2.75) is 66.7 Å². The molecule has 0 aromatic carbocycles. The van der Waals surface area contributed by atoms with Crippen molar-refractivity contribution in [2.24, 2.45) is 0 Å². The summed E-state index contributed by atoms with van der Waals surface area (Å²) in [6.45, 7) is 16.8. The quantitative estimate of drug-likeness (QED) is 0.710. The van der Waals surface area contributed by atoms with Gasteiger partial charge in [-0.3, -0.25) is 0 Å². The van der Waals surface area contributed by atoms with Crippen LogP contribution in [0.3, 0.4) is 0 Å². The molecule has 1 aromatic rings. The van der Waals surface area contributed by atoms with Gasteiger partial charge >= 0.3 is 0 Å². The number of rotatable bonds is 1. The molecule has 0 saturated heterocycles. The summed E-state index contributed by atoms with van der Waals surface area (Å²) < 4.78 is 0. The lowest BCUT2D eigenvalue weighted by Crippen LogP contribution is -2.17. The molecule has 0 aliphatic carbocycles. The van der Waals surface area contributed by atoms with Crippen LogP contribution in [0.25, 0.3) is 0 Å². The highest BCUT2D eigenvalue weighted by molar-refractivity contribution is 5.21. The fraction of sp³-hybridized carbons (Fsp3) is 0.714. The third-order valence-electron chi connectivity index (χ3n) is 2.31. The number of nitrogens with zero attached hydrogens (tertiary/aromatic N) is 2. The van der Waals surface area contributed by atoms with Crippen molar-refractivity contribution in [3.05, 3.63) is 23.3 Å². The minimum Gasteiger partial charge on any atom is -0.240 e. The van der Waals surface area contributed by atoms with E-state index in [9.17, 15) is 0 Å². The average Bonchev–Trinajstić information content (AvgIpc) is 2.18. The first-order valence-electron chi connectivity index (χ1n) is 6.16. The highest BCUT2D eigenvalue weighted by Crippen LogP contribution is 2.21. The second-order valence-electron chi connectivity index (χ2n) is 5.14. The molecule has 1 heterocycles. The van der Waals surface area contributed by atoms with Crippen molar-refractivity contribution in [3.8, 4) is 0 Å². The maximum Gasteiger partial charge on any atom is 0.133 e. The second kappa shape index (κ2) is 5.97. The Hall–Kier alpha value is -0.920. The summed E-state index contributed by atoms with van der Waals surface area (Å²) in [6, 6.07) is 0. The number of hydrogen-bond acceptors (Lipinski definition) is 2. The predicted molar refractivity (Wildman–Crippen MR) is 70.9 cm³/mol. The maximum absolute atomic E-state index is 4.55. The first-order valence-corrected chi connectivity index (χ1v) is 6.16. The van der Waals surface area contributed by atoms with Crippen molar-refractivity contribution in [3.63, 3.8) is 0 Å². The van der Waals surface area contributed by atoms with Gasteiger partial charge in [0.2, 0.25) is 0 Å². The predicted octanol–water partition coefficient (Wildman–Crippen LogP) is 4.23. The van der Waals surface area contributed by atoms with Crippen LogP contribution in [0.4, 0.5) is 0 Å². The van der Waals surface area contributed by atoms with Gasteiger partial charge in [0, 0.05) is 17.3 Å². The summed E-state index contributed by atoms with van der Waals surface area (Å²) in [6.07, 6.45) is 1.97. The lowest BCUT2D eigenvalue weighted by atomic mass is 9.95. The Balaban J connectivity index is 0.00000106. The molecule has 0 N–H and O–H groups in total. The van der Waals surface area contributed by atoms with Gasteiger partial charge in [0.25, 0.3) is 0 Å². The van der Waals surface area contributed by atoms with E-state index >= 15 is 0 Å². The lowest BCUT2D eigenvalue weighted by Gasteiger charge is -2.18. The SMILES string of the molecule is CC.Cc1nc(C(C)(C)C)ncc1C(C)C. The fourth-order valence-corrected chi connectivity index (χ4v) is 1.40. The molecule has 0 aliphatic heterocycles. The largest absolute Gasteiger partial charge is 0.240 e. The molecule has 0 unspecified atom stereocenters. The number of aromatic nitrogens is 2. The van der Waals surface area contributed by atoms with Gasteiger partial charge in [-0.2, -0.15) is 0 Å². The minimum absolute atomic E-state index is 0.0419. The molecule has 2 nitrogen and oxygen atoms in total. The van der Waals surface area contributed by atoms with Gasteiger partial charge in [-0.15, -0.1) is 0 Å². The molecule has 2 heteroatoms. The van der Waals surface area contributed by atoms with Crippen molar-refractivity contribution >= 4 is 0 Å². The molecule has 0 radical (unpaired) electrons. The highest BCUT2D eigenvalue weighted by atomic mass is 14.9. The molecule has 1 rings (SSSR count). The van der Waals surface area contributed by atoms with E-state index in [4.69, 9.17) is 0 Å². The third kappa shape index (κ3) is 3.92. The summed E-state index contributed by atoms with van der Waals surface area (Å²) in [5, 5.41) is 0. The Morgan fingerprint density at radius 1 is 1.12 bits per heavy atom. The van der Waals surface area contributed by atoms with Crippen LogP contribution in [0.5, 0.6) is 0 Å². The standard InChI is InChI=1S/C12H20N2.C2H6/c1-8(2)10-7-13-11(12(4,5)6)14-9(10)3;1-2/h7-8H,1-6H3;1-2H3. The van der Waals surface area contributed by atoms with Crippen LogP contribution in [0.1, 0.15) is 71.5 Å². The number of hydrogen-bond donors (Lipinski definition) is 0. The van der Waals surface area contributed by atoms with E-state index in [0.717, 1.165) is 11.5 Å². The van der Waals surface area contributed by atoms with E-state index < -0.39 is 0 Å². The van der Waals surface area contributed by atoms with Crippen LogP contribution in [-0.4, -0.2) is 9.97 Å². The maximum atomic E-state index is 4.55. The van der Waals surface area contributed by atoms with E-state index in [-0.39, 0.29) is 5.41 Å². The molecule has 0 saturated carbocycles. The summed E-state index contributed by atoms with van der Waals surface area (Å²) in [5.41, 5.74) is 2.40. The summed E-state index contributed by atoms with van der Waals surface area (Å²) in [5.74, 6) is 1.43. The first-order chi connectivity index (χ1) is 7.32. The Morgan fingerprint density at radius 3 is 1.94 bits per heavy atom. The number of aryl methyl sites for hydroxylation is 1. The molecule has 1 aromatic heterocycles. The van der Waals surface area contributed by atoms with Crippen LogP contribution >= 0.6 is 0 Å². The van der Waals surface area contributed by atoms with Crippen LogP contribution in [-0.2, 0) is 5.41 Å². The van der Waals surface area contributed by atoms with E-state index in [0.29, 0.717) is 5.92 Å². The van der Waals surface area contributed by atoms with Crippen molar-refractivity contribution < 1.29 is 0 Å². The Bertz CT molecular complexity index is 322. The summed E-state index contributed by atoms with van der Waals surface area (Å²) in [4.78, 5) is 8.98. The fourth-order valence-electron chi connectivity index (χ4n) is 1.40. The zero-order valence-electron chi connectivity index (χ0n) is 12.0. The first kappa shape index (κ1) is 15.1. The van der Waals surface area contributed by atoms with E-state index in [2.05, 4.69) is 51.5 Å². The minimum atomic E-state index is 0.0419. The molecule has 0 bridgehead atoms. The molecule has 0 fully saturated rings. The van der Waals surface area contributed by atoms with Gasteiger partial charge in [0.05, 0.1) is 0 Å². The van der Waals surface area contributed by atoms with Crippen LogP contribution in [0, 0.1) is 6.92 Å². The van der Waals surface area contributed by atoms with Crippen LogP contribution in [0.2, 0.25) is 0 Å². The monoisotopic (exact) mass is 222 g/mol. The smallest absolute Gasteiger partial charge is 0.133 e. The van der Waals surface area contributed by atoms with E-state index in [1.807, 2.05) is 20.0 Å². The zero-order valence-corrected chi connectivity index (χ0v) is 12.0. The molecule has 0 spiro atoms. The highest BCUT2D eigenvalue weighted by Gasteiger charge is 2.18.